The van der Waals surface area contributed by atoms with Gasteiger partial charge in [-0.05, 0) is 25.7 Å². The Labute approximate surface area is 147 Å². The van der Waals surface area contributed by atoms with Gasteiger partial charge in [-0.1, -0.05) is 19.3 Å². The van der Waals surface area contributed by atoms with Crippen LogP contribution in [-0.4, -0.2) is 61.4 Å². The maximum atomic E-state index is 11.9. The molecule has 0 unspecified atom stereocenters. The van der Waals surface area contributed by atoms with E-state index in [0.717, 1.165) is 44.9 Å². The van der Waals surface area contributed by atoms with Gasteiger partial charge in [-0.2, -0.15) is 0 Å². The fourth-order valence-electron chi connectivity index (χ4n) is 2.78. The van der Waals surface area contributed by atoms with E-state index in [0.29, 0.717) is 0 Å². The van der Waals surface area contributed by atoms with Crippen LogP contribution in [0.5, 0.6) is 0 Å². The van der Waals surface area contributed by atoms with Gasteiger partial charge in [-0.25, -0.2) is 0 Å². The minimum Gasteiger partial charge on any atom is -0.454 e. The number of esters is 1. The molecule has 2 aliphatic rings. The Morgan fingerprint density at radius 1 is 1.04 bits per heavy atom. The van der Waals surface area contributed by atoms with Crippen molar-refractivity contribution in [3.8, 4) is 0 Å². The third kappa shape index (κ3) is 7.11. The van der Waals surface area contributed by atoms with Crippen molar-refractivity contribution in [1.82, 2.24) is 15.5 Å². The van der Waals surface area contributed by atoms with Crippen molar-refractivity contribution in [2.45, 2.75) is 51.0 Å². The van der Waals surface area contributed by atoms with Gasteiger partial charge < -0.3 is 20.3 Å². The number of hydrogen-bond acceptors (Lipinski definition) is 5. The lowest BCUT2D eigenvalue weighted by Crippen LogP contribution is -2.41. The molecule has 2 N–H and O–H groups in total. The summed E-state index contributed by atoms with van der Waals surface area (Å²) in [6.45, 7) is -0.745. The van der Waals surface area contributed by atoms with Gasteiger partial charge >= 0.3 is 5.97 Å². The summed E-state index contributed by atoms with van der Waals surface area (Å²) >= 11 is 0. The number of nitrogens with zero attached hydrogens (tertiary/aromatic N) is 1. The Balaban J connectivity index is 1.58. The second kappa shape index (κ2) is 9.39. The molecule has 0 aromatic rings. The fourth-order valence-corrected chi connectivity index (χ4v) is 2.78. The number of likely N-dealkylation sites (N-methyl/N-ethyl adjacent to an activating group) is 1. The van der Waals surface area contributed by atoms with E-state index < -0.39 is 18.5 Å². The molecule has 0 saturated heterocycles. The van der Waals surface area contributed by atoms with Crippen LogP contribution in [0.1, 0.15) is 44.9 Å². The average molecular weight is 353 g/mol. The van der Waals surface area contributed by atoms with E-state index in [1.807, 2.05) is 0 Å². The largest absolute Gasteiger partial charge is 0.454 e. The van der Waals surface area contributed by atoms with Gasteiger partial charge in [0, 0.05) is 19.0 Å². The topological polar surface area (TPSA) is 105 Å². The van der Waals surface area contributed by atoms with Crippen molar-refractivity contribution in [2.75, 3.05) is 26.7 Å². The highest BCUT2D eigenvalue weighted by Crippen LogP contribution is 2.23. The molecule has 8 heteroatoms. The summed E-state index contributed by atoms with van der Waals surface area (Å²) in [5.74, 6) is -1.49. The van der Waals surface area contributed by atoms with Crippen LogP contribution in [0, 0.1) is 5.92 Å². The second-order valence-electron chi connectivity index (χ2n) is 6.81. The molecule has 2 fully saturated rings. The summed E-state index contributed by atoms with van der Waals surface area (Å²) in [6.07, 6.45) is 6.90. The predicted molar refractivity (Wildman–Crippen MR) is 89.3 cm³/mol. The number of hydrogen-bond donors (Lipinski definition) is 2. The lowest BCUT2D eigenvalue weighted by molar-refractivity contribution is -0.151. The quantitative estimate of drug-likeness (QED) is 0.596. The van der Waals surface area contributed by atoms with Crippen LogP contribution in [0.2, 0.25) is 0 Å². The highest BCUT2D eigenvalue weighted by atomic mass is 16.5. The highest BCUT2D eigenvalue weighted by molar-refractivity contribution is 5.87. The zero-order valence-corrected chi connectivity index (χ0v) is 14.7. The number of ether oxygens (including phenoxy) is 1. The Morgan fingerprint density at radius 2 is 1.72 bits per heavy atom. The smallest absolute Gasteiger partial charge is 0.325 e. The molecule has 8 nitrogen and oxygen atoms in total. The number of nitrogens with one attached hydrogen (secondary N) is 2. The van der Waals surface area contributed by atoms with Crippen LogP contribution in [0.4, 0.5) is 0 Å². The lowest BCUT2D eigenvalue weighted by atomic mass is 9.89. The number of carbonyl (C=O) groups is 4. The van der Waals surface area contributed by atoms with Crippen molar-refractivity contribution in [1.29, 1.82) is 0 Å². The van der Waals surface area contributed by atoms with E-state index in [2.05, 4.69) is 10.6 Å². The number of rotatable bonds is 8. The van der Waals surface area contributed by atoms with E-state index in [9.17, 15) is 19.2 Å². The van der Waals surface area contributed by atoms with Crippen molar-refractivity contribution in [2.24, 2.45) is 5.92 Å². The molecule has 0 atom stereocenters. The Morgan fingerprint density at radius 3 is 2.36 bits per heavy atom. The molecular formula is C17H27N3O5. The molecule has 0 radical (unpaired) electrons. The van der Waals surface area contributed by atoms with E-state index >= 15 is 0 Å². The zero-order valence-electron chi connectivity index (χ0n) is 14.7. The average Bonchev–Trinajstić information content (AvgIpc) is 3.41. The summed E-state index contributed by atoms with van der Waals surface area (Å²) in [5.41, 5.74) is 0. The highest BCUT2D eigenvalue weighted by Gasteiger charge is 2.25. The van der Waals surface area contributed by atoms with Gasteiger partial charge in [0.1, 0.15) is 6.54 Å². The SMILES string of the molecule is CN(CC(=O)NC1CC1)C(=O)COC(=O)CNC(=O)C1CCCCC1. The number of carbonyl (C=O) groups excluding carboxylic acids is 4. The third-order valence-corrected chi connectivity index (χ3v) is 4.49. The van der Waals surface area contributed by atoms with Crippen molar-refractivity contribution >= 4 is 23.7 Å². The minimum absolute atomic E-state index is 0.0284. The number of amides is 3. The normalized spacial score (nSPS) is 17.5. The molecule has 140 valence electrons. The Bertz CT molecular complexity index is 512. The first-order chi connectivity index (χ1) is 12.0. The summed E-state index contributed by atoms with van der Waals surface area (Å²) in [6, 6.07) is 0.238. The summed E-state index contributed by atoms with van der Waals surface area (Å²) in [5, 5.41) is 5.34. The van der Waals surface area contributed by atoms with Gasteiger partial charge in [0.05, 0.1) is 6.54 Å². The Kier molecular flexibility index (Phi) is 7.21. The van der Waals surface area contributed by atoms with Crippen LogP contribution >= 0.6 is 0 Å². The summed E-state index contributed by atoms with van der Waals surface area (Å²) in [7, 11) is 1.48. The molecule has 2 aliphatic carbocycles. The molecule has 0 aromatic heterocycles. The van der Waals surface area contributed by atoms with Crippen LogP contribution in [0.3, 0.4) is 0 Å². The van der Waals surface area contributed by atoms with E-state index in [-0.39, 0.29) is 36.9 Å². The fraction of sp³-hybridized carbons (Fsp3) is 0.765. The van der Waals surface area contributed by atoms with Gasteiger partial charge in [0.15, 0.2) is 6.61 Å². The molecular weight excluding hydrogens is 326 g/mol. The molecule has 0 aromatic carbocycles. The first-order valence-electron chi connectivity index (χ1n) is 8.92. The van der Waals surface area contributed by atoms with Gasteiger partial charge in [-0.3, -0.25) is 19.2 Å². The molecule has 3 amide bonds. The molecule has 0 heterocycles. The molecule has 25 heavy (non-hydrogen) atoms. The van der Waals surface area contributed by atoms with Crippen molar-refractivity contribution in [3.63, 3.8) is 0 Å². The van der Waals surface area contributed by atoms with E-state index in [1.54, 1.807) is 0 Å². The van der Waals surface area contributed by atoms with Crippen molar-refractivity contribution in [3.05, 3.63) is 0 Å². The molecule has 2 rings (SSSR count). The van der Waals surface area contributed by atoms with Crippen LogP contribution < -0.4 is 10.6 Å². The van der Waals surface area contributed by atoms with E-state index in [1.165, 1.54) is 11.9 Å². The van der Waals surface area contributed by atoms with E-state index in [4.69, 9.17) is 4.74 Å². The first kappa shape index (κ1) is 19.2. The first-order valence-corrected chi connectivity index (χ1v) is 8.92. The van der Waals surface area contributed by atoms with Crippen molar-refractivity contribution < 1.29 is 23.9 Å². The molecule has 2 saturated carbocycles. The van der Waals surface area contributed by atoms with Gasteiger partial charge in [0.25, 0.3) is 5.91 Å². The standard InChI is InChI=1S/C17H27N3O5/c1-20(10-14(21)19-13-7-8-13)15(22)11-25-16(23)9-18-17(24)12-5-3-2-4-6-12/h12-13H,2-11H2,1H3,(H,18,24)(H,19,21). The lowest BCUT2D eigenvalue weighted by Gasteiger charge is -2.20. The minimum atomic E-state index is -0.659. The van der Waals surface area contributed by atoms with Gasteiger partial charge in [-0.15, -0.1) is 0 Å². The monoisotopic (exact) mass is 353 g/mol. The maximum absolute atomic E-state index is 11.9. The third-order valence-electron chi connectivity index (χ3n) is 4.49. The Hall–Kier alpha value is -2.12. The second-order valence-corrected chi connectivity index (χ2v) is 6.81. The molecule has 0 spiro atoms. The summed E-state index contributed by atoms with van der Waals surface area (Å²) < 4.78 is 4.86. The zero-order chi connectivity index (χ0) is 18.2. The van der Waals surface area contributed by atoms with Crippen LogP contribution in [-0.2, 0) is 23.9 Å². The van der Waals surface area contributed by atoms with Gasteiger partial charge in [0.2, 0.25) is 11.8 Å². The van der Waals surface area contributed by atoms with Crippen LogP contribution in [0.15, 0.2) is 0 Å². The molecule has 0 aliphatic heterocycles. The summed E-state index contributed by atoms with van der Waals surface area (Å²) in [4.78, 5) is 48.3. The molecule has 0 bridgehead atoms. The maximum Gasteiger partial charge on any atom is 0.325 e. The van der Waals surface area contributed by atoms with Crippen LogP contribution in [0.25, 0.3) is 0 Å². The predicted octanol–water partition coefficient (Wildman–Crippen LogP) is -0.0369.